The summed E-state index contributed by atoms with van der Waals surface area (Å²) < 4.78 is 10.3. The lowest BCUT2D eigenvalue weighted by atomic mass is 10.4. The molecule has 0 bridgehead atoms. The molecule has 0 saturated heterocycles. The predicted octanol–water partition coefficient (Wildman–Crippen LogP) is 2.15. The van der Waals surface area contributed by atoms with E-state index in [-0.39, 0.29) is 6.10 Å². The second-order valence-corrected chi connectivity index (χ2v) is 3.13. The van der Waals surface area contributed by atoms with E-state index in [0.29, 0.717) is 17.5 Å². The highest BCUT2D eigenvalue weighted by molar-refractivity contribution is 6.30. The summed E-state index contributed by atoms with van der Waals surface area (Å²) in [6, 6.07) is 3.47. The van der Waals surface area contributed by atoms with Gasteiger partial charge in [0.05, 0.1) is 11.6 Å². The van der Waals surface area contributed by atoms with Gasteiger partial charge < -0.3 is 9.47 Å². The van der Waals surface area contributed by atoms with Gasteiger partial charge in [0, 0.05) is 19.4 Å². The monoisotopic (exact) mass is 201 g/mol. The molecule has 1 rings (SSSR count). The molecule has 1 aromatic rings. The zero-order valence-corrected chi connectivity index (χ0v) is 8.41. The highest BCUT2D eigenvalue weighted by Crippen LogP contribution is 2.12. The first-order chi connectivity index (χ1) is 6.22. The van der Waals surface area contributed by atoms with Crippen LogP contribution >= 0.6 is 11.6 Å². The van der Waals surface area contributed by atoms with Gasteiger partial charge in [0.2, 0.25) is 5.88 Å². The minimum Gasteiger partial charge on any atom is -0.472 e. The van der Waals surface area contributed by atoms with E-state index in [4.69, 9.17) is 21.1 Å². The predicted molar refractivity (Wildman–Crippen MR) is 51.2 cm³/mol. The first kappa shape index (κ1) is 10.3. The molecule has 0 aliphatic carbocycles. The van der Waals surface area contributed by atoms with Crippen LogP contribution in [0.25, 0.3) is 0 Å². The van der Waals surface area contributed by atoms with E-state index in [1.165, 1.54) is 0 Å². The lowest BCUT2D eigenvalue weighted by Crippen LogP contribution is -2.18. The summed E-state index contributed by atoms with van der Waals surface area (Å²) in [6.45, 7) is 2.46. The topological polar surface area (TPSA) is 31.4 Å². The van der Waals surface area contributed by atoms with E-state index in [2.05, 4.69) is 4.98 Å². The molecule has 3 nitrogen and oxygen atoms in total. The molecule has 0 aromatic carbocycles. The van der Waals surface area contributed by atoms with E-state index in [1.807, 2.05) is 6.92 Å². The van der Waals surface area contributed by atoms with Gasteiger partial charge in [-0.15, -0.1) is 0 Å². The van der Waals surface area contributed by atoms with Gasteiger partial charge in [0.15, 0.2) is 0 Å². The van der Waals surface area contributed by atoms with Crippen molar-refractivity contribution in [2.45, 2.75) is 13.0 Å². The van der Waals surface area contributed by atoms with Crippen molar-refractivity contribution in [3.63, 3.8) is 0 Å². The van der Waals surface area contributed by atoms with E-state index in [0.717, 1.165) is 0 Å². The van der Waals surface area contributed by atoms with E-state index in [9.17, 15) is 0 Å². The Balaban J connectivity index is 2.49. The number of halogens is 1. The van der Waals surface area contributed by atoms with Gasteiger partial charge in [0.1, 0.15) is 6.10 Å². The third-order valence-corrected chi connectivity index (χ3v) is 1.65. The Hall–Kier alpha value is -0.800. The number of pyridine rings is 1. The maximum absolute atomic E-state index is 5.67. The fourth-order valence-corrected chi connectivity index (χ4v) is 1.02. The van der Waals surface area contributed by atoms with Crippen molar-refractivity contribution >= 4 is 11.6 Å². The highest BCUT2D eigenvalue weighted by Gasteiger charge is 2.03. The third kappa shape index (κ3) is 3.61. The molecule has 1 unspecified atom stereocenters. The maximum Gasteiger partial charge on any atom is 0.213 e. The average molecular weight is 202 g/mol. The highest BCUT2D eigenvalue weighted by atomic mass is 35.5. The first-order valence-electron chi connectivity index (χ1n) is 3.99. The molecular formula is C9H12ClNO2. The van der Waals surface area contributed by atoms with Crippen LogP contribution in [0, 0.1) is 0 Å². The molecule has 0 radical (unpaired) electrons. The normalized spacial score (nSPS) is 12.5. The Morgan fingerprint density at radius 1 is 1.54 bits per heavy atom. The number of methoxy groups -OCH3 is 1. The average Bonchev–Trinajstić information content (AvgIpc) is 2.09. The molecule has 0 fully saturated rings. The fourth-order valence-electron chi connectivity index (χ4n) is 0.907. The second-order valence-electron chi connectivity index (χ2n) is 2.70. The molecule has 0 aliphatic heterocycles. The first-order valence-corrected chi connectivity index (χ1v) is 4.37. The Labute approximate surface area is 82.6 Å². The molecule has 13 heavy (non-hydrogen) atoms. The van der Waals surface area contributed by atoms with Gasteiger partial charge in [-0.2, -0.15) is 0 Å². The van der Waals surface area contributed by atoms with Gasteiger partial charge in [-0.25, -0.2) is 4.98 Å². The second kappa shape index (κ2) is 5.04. The van der Waals surface area contributed by atoms with Crippen molar-refractivity contribution in [2.75, 3.05) is 13.7 Å². The van der Waals surface area contributed by atoms with Crippen LogP contribution < -0.4 is 4.74 Å². The van der Waals surface area contributed by atoms with Crippen molar-refractivity contribution in [3.05, 3.63) is 23.4 Å². The van der Waals surface area contributed by atoms with Gasteiger partial charge in [-0.1, -0.05) is 11.6 Å². The summed E-state index contributed by atoms with van der Waals surface area (Å²) in [6.07, 6.45) is 1.55. The summed E-state index contributed by atoms with van der Waals surface area (Å²) >= 11 is 5.67. The van der Waals surface area contributed by atoms with Crippen LogP contribution in [0.1, 0.15) is 6.92 Å². The lowest BCUT2D eigenvalue weighted by Gasteiger charge is -2.12. The van der Waals surface area contributed by atoms with E-state index < -0.39 is 0 Å². The molecule has 0 saturated carbocycles. The van der Waals surface area contributed by atoms with Crippen molar-refractivity contribution in [2.24, 2.45) is 0 Å². The van der Waals surface area contributed by atoms with Gasteiger partial charge in [0.25, 0.3) is 0 Å². The molecule has 1 heterocycles. The third-order valence-electron chi connectivity index (χ3n) is 1.42. The van der Waals surface area contributed by atoms with Gasteiger partial charge in [-0.3, -0.25) is 0 Å². The smallest absolute Gasteiger partial charge is 0.213 e. The van der Waals surface area contributed by atoms with Crippen LogP contribution in [0.15, 0.2) is 18.3 Å². The molecule has 1 atom stereocenters. The van der Waals surface area contributed by atoms with Crippen molar-refractivity contribution in [1.29, 1.82) is 0 Å². The zero-order valence-electron chi connectivity index (χ0n) is 7.66. The van der Waals surface area contributed by atoms with Gasteiger partial charge >= 0.3 is 0 Å². The fraction of sp³-hybridized carbons (Fsp3) is 0.444. The Morgan fingerprint density at radius 2 is 2.31 bits per heavy atom. The molecule has 1 aromatic heterocycles. The SMILES string of the molecule is COCC(C)Oc1ccc(Cl)cn1. The Kier molecular flexibility index (Phi) is 3.99. The molecule has 0 N–H and O–H groups in total. The number of hydrogen-bond donors (Lipinski definition) is 0. The molecular weight excluding hydrogens is 190 g/mol. The maximum atomic E-state index is 5.67. The number of rotatable bonds is 4. The Bertz CT molecular complexity index is 250. The lowest BCUT2D eigenvalue weighted by molar-refractivity contribution is 0.0890. The summed E-state index contributed by atoms with van der Waals surface area (Å²) in [7, 11) is 1.63. The van der Waals surface area contributed by atoms with Crippen molar-refractivity contribution in [1.82, 2.24) is 4.98 Å². The van der Waals surface area contributed by atoms with Crippen LogP contribution in [0.3, 0.4) is 0 Å². The standard InChI is InChI=1S/C9H12ClNO2/c1-7(6-12-2)13-9-4-3-8(10)5-11-9/h3-5,7H,6H2,1-2H3. The number of hydrogen-bond acceptors (Lipinski definition) is 3. The van der Waals surface area contributed by atoms with Crippen molar-refractivity contribution in [3.8, 4) is 5.88 Å². The van der Waals surface area contributed by atoms with Crippen LogP contribution in [0.5, 0.6) is 5.88 Å². The largest absolute Gasteiger partial charge is 0.472 e. The Morgan fingerprint density at radius 3 is 2.85 bits per heavy atom. The van der Waals surface area contributed by atoms with E-state index >= 15 is 0 Å². The van der Waals surface area contributed by atoms with Crippen LogP contribution in [-0.4, -0.2) is 24.8 Å². The minimum absolute atomic E-state index is 0.00123. The molecule has 0 aliphatic rings. The molecule has 0 spiro atoms. The minimum atomic E-state index is -0.00123. The van der Waals surface area contributed by atoms with Crippen LogP contribution in [0.2, 0.25) is 5.02 Å². The molecule has 4 heteroatoms. The molecule has 72 valence electrons. The van der Waals surface area contributed by atoms with Crippen LogP contribution in [-0.2, 0) is 4.74 Å². The summed E-state index contributed by atoms with van der Waals surface area (Å²) in [5.41, 5.74) is 0. The summed E-state index contributed by atoms with van der Waals surface area (Å²) in [5.74, 6) is 0.564. The zero-order chi connectivity index (χ0) is 9.68. The van der Waals surface area contributed by atoms with Crippen LogP contribution in [0.4, 0.5) is 0 Å². The van der Waals surface area contributed by atoms with E-state index in [1.54, 1.807) is 25.4 Å². The number of ether oxygens (including phenoxy) is 2. The summed E-state index contributed by atoms with van der Waals surface area (Å²) in [5, 5.41) is 0.603. The number of aromatic nitrogens is 1. The van der Waals surface area contributed by atoms with Gasteiger partial charge in [-0.05, 0) is 13.0 Å². The van der Waals surface area contributed by atoms with Crippen molar-refractivity contribution < 1.29 is 9.47 Å². The number of nitrogens with zero attached hydrogens (tertiary/aromatic N) is 1. The quantitative estimate of drug-likeness (QED) is 0.748. The molecule has 0 amide bonds. The summed E-state index contributed by atoms with van der Waals surface area (Å²) in [4.78, 5) is 3.99.